The van der Waals surface area contributed by atoms with Crippen molar-refractivity contribution in [3.05, 3.63) is 57.8 Å². The van der Waals surface area contributed by atoms with E-state index in [1.165, 1.54) is 23.5 Å². The standard InChI is InChI=1S/C21H25F3N2OS/c1-25(20(27)18-8-11-28-15-18)13-17-5-3-9-26(14-17)10-7-16-4-2-6-19(12-16)21(22,23)24/h2,4,6,8,11-12,15,17H,3,5,7,9-10,13-14H2,1H3/t17-/m0/s1. The number of nitrogens with zero attached hydrogens (tertiary/aromatic N) is 2. The molecule has 0 aliphatic carbocycles. The van der Waals surface area contributed by atoms with Gasteiger partial charge in [0.15, 0.2) is 0 Å². The Balaban J connectivity index is 1.50. The van der Waals surface area contributed by atoms with E-state index in [4.69, 9.17) is 0 Å². The van der Waals surface area contributed by atoms with Crippen LogP contribution in [0.3, 0.4) is 0 Å². The molecule has 1 fully saturated rings. The number of halogens is 3. The third-order valence-electron chi connectivity index (χ3n) is 5.22. The predicted octanol–water partition coefficient (Wildman–Crippen LogP) is 4.79. The average molecular weight is 411 g/mol. The van der Waals surface area contributed by atoms with Crippen LogP contribution in [0.15, 0.2) is 41.1 Å². The molecule has 1 amide bonds. The molecular weight excluding hydrogens is 385 g/mol. The van der Waals surface area contributed by atoms with Crippen molar-refractivity contribution in [1.29, 1.82) is 0 Å². The summed E-state index contributed by atoms with van der Waals surface area (Å²) in [6, 6.07) is 7.42. The predicted molar refractivity (Wildman–Crippen MR) is 106 cm³/mol. The molecule has 0 radical (unpaired) electrons. The number of thiophene rings is 1. The lowest BCUT2D eigenvalue weighted by Gasteiger charge is -2.34. The van der Waals surface area contributed by atoms with Gasteiger partial charge in [0.1, 0.15) is 0 Å². The van der Waals surface area contributed by atoms with Crippen LogP contribution in [0, 0.1) is 5.92 Å². The van der Waals surface area contributed by atoms with Crippen LogP contribution in [-0.4, -0.2) is 48.9 Å². The van der Waals surface area contributed by atoms with E-state index in [2.05, 4.69) is 4.90 Å². The molecule has 0 spiro atoms. The molecule has 1 aromatic carbocycles. The average Bonchev–Trinajstić information content (AvgIpc) is 3.20. The second-order valence-corrected chi connectivity index (χ2v) is 8.23. The first-order chi connectivity index (χ1) is 13.3. The molecule has 0 bridgehead atoms. The minimum atomic E-state index is -4.30. The summed E-state index contributed by atoms with van der Waals surface area (Å²) in [6.07, 6.45) is -1.58. The highest BCUT2D eigenvalue weighted by Crippen LogP contribution is 2.29. The van der Waals surface area contributed by atoms with Crippen LogP contribution in [0.1, 0.15) is 34.3 Å². The van der Waals surface area contributed by atoms with Gasteiger partial charge >= 0.3 is 6.18 Å². The van der Waals surface area contributed by atoms with Crippen LogP contribution >= 0.6 is 11.3 Å². The number of hydrogen-bond acceptors (Lipinski definition) is 3. The van der Waals surface area contributed by atoms with Crippen LogP contribution in [0.4, 0.5) is 13.2 Å². The molecule has 1 atom stereocenters. The molecular formula is C21H25F3N2OS. The number of likely N-dealkylation sites (tertiary alicyclic amines) is 1. The monoisotopic (exact) mass is 410 g/mol. The summed E-state index contributed by atoms with van der Waals surface area (Å²) in [5.74, 6) is 0.435. The Kier molecular flexibility index (Phi) is 6.78. The van der Waals surface area contributed by atoms with Gasteiger partial charge in [-0.15, -0.1) is 0 Å². The van der Waals surface area contributed by atoms with Crippen LogP contribution in [0.25, 0.3) is 0 Å². The zero-order valence-corrected chi connectivity index (χ0v) is 16.7. The fraction of sp³-hybridized carbons (Fsp3) is 0.476. The summed E-state index contributed by atoms with van der Waals surface area (Å²) in [7, 11) is 1.83. The van der Waals surface area contributed by atoms with Gasteiger partial charge in [-0.05, 0) is 54.8 Å². The van der Waals surface area contributed by atoms with Gasteiger partial charge < -0.3 is 9.80 Å². The SMILES string of the molecule is CN(C[C@@H]1CCCN(CCc2cccc(C(F)(F)F)c2)C1)C(=O)c1ccsc1. The molecule has 0 unspecified atom stereocenters. The molecule has 0 N–H and O–H groups in total. The Labute approximate surface area is 167 Å². The summed E-state index contributed by atoms with van der Waals surface area (Å²) in [5.41, 5.74) is 0.849. The summed E-state index contributed by atoms with van der Waals surface area (Å²) in [6.45, 7) is 3.27. The summed E-state index contributed by atoms with van der Waals surface area (Å²) in [4.78, 5) is 16.5. The van der Waals surface area contributed by atoms with E-state index in [0.29, 0.717) is 24.4 Å². The zero-order valence-electron chi connectivity index (χ0n) is 15.9. The number of carbonyl (C=O) groups is 1. The molecule has 7 heteroatoms. The Morgan fingerprint density at radius 1 is 1.32 bits per heavy atom. The lowest BCUT2D eigenvalue weighted by molar-refractivity contribution is -0.137. The van der Waals surface area contributed by atoms with Gasteiger partial charge in [-0.2, -0.15) is 24.5 Å². The molecule has 3 rings (SSSR count). The molecule has 0 saturated carbocycles. The second-order valence-electron chi connectivity index (χ2n) is 7.45. The number of amides is 1. The normalized spacial score (nSPS) is 18.2. The van der Waals surface area contributed by atoms with Gasteiger partial charge in [-0.1, -0.05) is 18.2 Å². The molecule has 3 nitrogen and oxygen atoms in total. The maximum Gasteiger partial charge on any atom is 0.416 e. The van der Waals surface area contributed by atoms with E-state index in [-0.39, 0.29) is 5.91 Å². The van der Waals surface area contributed by atoms with Gasteiger partial charge in [-0.3, -0.25) is 4.79 Å². The van der Waals surface area contributed by atoms with E-state index in [0.717, 1.165) is 44.1 Å². The fourth-order valence-electron chi connectivity index (χ4n) is 3.77. The number of rotatable bonds is 6. The maximum atomic E-state index is 12.9. The molecule has 1 aromatic heterocycles. The van der Waals surface area contributed by atoms with Crippen molar-refractivity contribution in [3.8, 4) is 0 Å². The first-order valence-electron chi connectivity index (χ1n) is 9.49. The van der Waals surface area contributed by atoms with Gasteiger partial charge in [0.05, 0.1) is 11.1 Å². The topological polar surface area (TPSA) is 23.6 Å². The third kappa shape index (κ3) is 5.58. The third-order valence-corrected chi connectivity index (χ3v) is 5.90. The summed E-state index contributed by atoms with van der Waals surface area (Å²) in [5, 5.41) is 3.76. The van der Waals surface area contributed by atoms with Gasteiger partial charge in [-0.25, -0.2) is 0 Å². The Bertz CT molecular complexity index is 776. The van der Waals surface area contributed by atoms with Crippen molar-refractivity contribution < 1.29 is 18.0 Å². The minimum Gasteiger partial charge on any atom is -0.341 e. The molecule has 1 aliphatic rings. The summed E-state index contributed by atoms with van der Waals surface area (Å²) >= 11 is 1.51. The van der Waals surface area contributed by atoms with E-state index in [1.54, 1.807) is 11.0 Å². The van der Waals surface area contributed by atoms with Crippen molar-refractivity contribution in [2.75, 3.05) is 33.2 Å². The van der Waals surface area contributed by atoms with Crippen LogP contribution in [0.2, 0.25) is 0 Å². The van der Waals surface area contributed by atoms with Crippen molar-refractivity contribution in [2.45, 2.75) is 25.4 Å². The lowest BCUT2D eigenvalue weighted by atomic mass is 9.96. The fourth-order valence-corrected chi connectivity index (χ4v) is 4.40. The summed E-state index contributed by atoms with van der Waals surface area (Å²) < 4.78 is 38.6. The molecule has 1 aliphatic heterocycles. The number of benzene rings is 1. The highest BCUT2D eigenvalue weighted by molar-refractivity contribution is 7.08. The van der Waals surface area contributed by atoms with Gasteiger partial charge in [0.2, 0.25) is 0 Å². The van der Waals surface area contributed by atoms with E-state index >= 15 is 0 Å². The number of piperidine rings is 1. The van der Waals surface area contributed by atoms with Crippen LogP contribution < -0.4 is 0 Å². The number of hydrogen-bond donors (Lipinski definition) is 0. The smallest absolute Gasteiger partial charge is 0.341 e. The van der Waals surface area contributed by atoms with Gasteiger partial charge in [0, 0.05) is 32.1 Å². The molecule has 28 heavy (non-hydrogen) atoms. The quantitative estimate of drug-likeness (QED) is 0.683. The molecule has 1 saturated heterocycles. The maximum absolute atomic E-state index is 12.9. The molecule has 2 heterocycles. The van der Waals surface area contributed by atoms with Crippen LogP contribution in [0.5, 0.6) is 0 Å². The minimum absolute atomic E-state index is 0.0438. The van der Waals surface area contributed by atoms with E-state index in [9.17, 15) is 18.0 Å². The highest BCUT2D eigenvalue weighted by atomic mass is 32.1. The Morgan fingerprint density at radius 3 is 2.86 bits per heavy atom. The lowest BCUT2D eigenvalue weighted by Crippen LogP contribution is -2.42. The largest absolute Gasteiger partial charge is 0.416 e. The Hall–Kier alpha value is -1.86. The highest BCUT2D eigenvalue weighted by Gasteiger charge is 2.30. The first kappa shape index (κ1) is 20.9. The Morgan fingerprint density at radius 2 is 2.14 bits per heavy atom. The second kappa shape index (κ2) is 9.09. The zero-order chi connectivity index (χ0) is 20.1. The van der Waals surface area contributed by atoms with E-state index in [1.807, 2.05) is 23.9 Å². The van der Waals surface area contributed by atoms with E-state index < -0.39 is 11.7 Å². The van der Waals surface area contributed by atoms with Crippen molar-refractivity contribution in [2.24, 2.45) is 5.92 Å². The van der Waals surface area contributed by atoms with Crippen molar-refractivity contribution in [3.63, 3.8) is 0 Å². The van der Waals surface area contributed by atoms with Crippen molar-refractivity contribution >= 4 is 17.2 Å². The first-order valence-corrected chi connectivity index (χ1v) is 10.4. The number of carbonyl (C=O) groups excluding carboxylic acids is 1. The van der Waals surface area contributed by atoms with Crippen LogP contribution in [-0.2, 0) is 12.6 Å². The molecule has 2 aromatic rings. The molecule has 152 valence electrons. The van der Waals surface area contributed by atoms with Crippen molar-refractivity contribution in [1.82, 2.24) is 9.80 Å². The number of alkyl halides is 3. The van der Waals surface area contributed by atoms with Gasteiger partial charge in [0.25, 0.3) is 5.91 Å².